The Bertz CT molecular complexity index is 802. The first-order chi connectivity index (χ1) is 10.6. The Balaban J connectivity index is 1.96. The maximum Gasteiger partial charge on any atom is 0.305 e. The van der Waals surface area contributed by atoms with Gasteiger partial charge in [-0.1, -0.05) is 23.5 Å². The minimum atomic E-state index is -0.202. The predicted molar refractivity (Wildman–Crippen MR) is 86.6 cm³/mol. The van der Waals surface area contributed by atoms with E-state index in [0.717, 1.165) is 32.3 Å². The first-order valence-corrected chi connectivity index (χ1v) is 7.89. The Hall–Kier alpha value is -2.21. The lowest BCUT2D eigenvalue weighted by Gasteiger charge is -2.02. The molecule has 0 N–H and O–H groups in total. The molecule has 0 saturated carbocycles. The van der Waals surface area contributed by atoms with Crippen LogP contribution in [0.4, 0.5) is 0 Å². The van der Waals surface area contributed by atoms with Crippen LogP contribution in [0.3, 0.4) is 0 Å². The number of carbonyl (C=O) groups is 1. The highest BCUT2D eigenvalue weighted by Gasteiger charge is 2.16. The maximum atomic E-state index is 11.3. The molecule has 22 heavy (non-hydrogen) atoms. The summed E-state index contributed by atoms with van der Waals surface area (Å²) in [6.45, 7) is 3.97. The average Bonchev–Trinajstić information content (AvgIpc) is 3.06. The quantitative estimate of drug-likeness (QED) is 0.694. The first-order valence-electron chi connectivity index (χ1n) is 7.08. The molecule has 0 aliphatic rings. The number of aryl methyl sites for hydroxylation is 1. The van der Waals surface area contributed by atoms with Crippen LogP contribution < -0.4 is 0 Å². The number of aromatic nitrogens is 3. The number of para-hydroxylation sites is 1. The van der Waals surface area contributed by atoms with E-state index in [9.17, 15) is 4.79 Å². The zero-order chi connectivity index (χ0) is 15.7. The van der Waals surface area contributed by atoms with E-state index in [4.69, 9.17) is 4.74 Å². The first kappa shape index (κ1) is 14.7. The van der Waals surface area contributed by atoms with Gasteiger partial charge in [0, 0.05) is 12.1 Å². The van der Waals surface area contributed by atoms with E-state index in [-0.39, 0.29) is 5.97 Å². The minimum Gasteiger partial charge on any atom is -0.469 e. The molecular weight excluding hydrogens is 298 g/mol. The van der Waals surface area contributed by atoms with Gasteiger partial charge in [0.25, 0.3) is 0 Å². The highest BCUT2D eigenvalue weighted by atomic mass is 32.1. The van der Waals surface area contributed by atoms with E-state index in [0.29, 0.717) is 12.8 Å². The molecule has 0 spiro atoms. The van der Waals surface area contributed by atoms with Crippen molar-refractivity contribution in [1.29, 1.82) is 0 Å². The highest BCUT2D eigenvalue weighted by molar-refractivity contribution is 7.20. The third-order valence-corrected chi connectivity index (χ3v) is 4.72. The van der Waals surface area contributed by atoms with Gasteiger partial charge < -0.3 is 4.74 Å². The lowest BCUT2D eigenvalue weighted by molar-refractivity contribution is -0.140. The minimum absolute atomic E-state index is 0.202. The zero-order valence-corrected chi connectivity index (χ0v) is 13.6. The van der Waals surface area contributed by atoms with E-state index in [1.54, 1.807) is 11.3 Å². The summed E-state index contributed by atoms with van der Waals surface area (Å²) in [5.74, 6) is -0.202. The normalized spacial score (nSPS) is 11.0. The van der Waals surface area contributed by atoms with Crippen molar-refractivity contribution in [3.8, 4) is 5.13 Å². The predicted octanol–water partition coefficient (Wildman–Crippen LogP) is 3.20. The van der Waals surface area contributed by atoms with Gasteiger partial charge >= 0.3 is 5.97 Å². The molecule has 0 atom stereocenters. The number of nitrogens with zero attached hydrogens (tertiary/aromatic N) is 3. The third-order valence-electron chi connectivity index (χ3n) is 3.71. The van der Waals surface area contributed by atoms with Gasteiger partial charge in [-0.3, -0.25) is 4.79 Å². The van der Waals surface area contributed by atoms with Crippen LogP contribution in [0, 0.1) is 13.8 Å². The summed E-state index contributed by atoms with van der Waals surface area (Å²) >= 11 is 1.61. The molecule has 0 bridgehead atoms. The number of ether oxygens (including phenoxy) is 1. The van der Waals surface area contributed by atoms with Crippen LogP contribution in [0.2, 0.25) is 0 Å². The van der Waals surface area contributed by atoms with E-state index in [1.807, 2.05) is 36.7 Å². The Kier molecular flexibility index (Phi) is 3.94. The van der Waals surface area contributed by atoms with Crippen LogP contribution in [0.15, 0.2) is 24.3 Å². The zero-order valence-electron chi connectivity index (χ0n) is 12.8. The SMILES string of the molecule is COC(=O)CCc1c(C)nn(-c2nc3ccccc3s2)c1C. The smallest absolute Gasteiger partial charge is 0.305 e. The molecule has 0 aliphatic heterocycles. The Morgan fingerprint density at radius 1 is 1.32 bits per heavy atom. The van der Waals surface area contributed by atoms with Gasteiger partial charge in [-0.2, -0.15) is 5.10 Å². The second-order valence-corrected chi connectivity index (χ2v) is 6.11. The Morgan fingerprint density at radius 2 is 2.09 bits per heavy atom. The number of methoxy groups -OCH3 is 1. The number of hydrogen-bond acceptors (Lipinski definition) is 5. The van der Waals surface area contributed by atoms with E-state index in [2.05, 4.69) is 16.1 Å². The lowest BCUT2D eigenvalue weighted by Crippen LogP contribution is -2.03. The van der Waals surface area contributed by atoms with E-state index >= 15 is 0 Å². The van der Waals surface area contributed by atoms with Crippen molar-refractivity contribution in [3.63, 3.8) is 0 Å². The van der Waals surface area contributed by atoms with Crippen LogP contribution in [0.25, 0.3) is 15.3 Å². The van der Waals surface area contributed by atoms with Crippen molar-refractivity contribution in [3.05, 3.63) is 41.2 Å². The van der Waals surface area contributed by atoms with Crippen molar-refractivity contribution < 1.29 is 9.53 Å². The van der Waals surface area contributed by atoms with Gasteiger partial charge in [0.15, 0.2) is 0 Å². The summed E-state index contributed by atoms with van der Waals surface area (Å²) in [7, 11) is 1.41. The molecule has 1 aromatic carbocycles. The second kappa shape index (κ2) is 5.88. The molecule has 0 radical (unpaired) electrons. The van der Waals surface area contributed by atoms with Crippen LogP contribution in [-0.2, 0) is 16.0 Å². The molecule has 6 heteroatoms. The molecule has 2 heterocycles. The summed E-state index contributed by atoms with van der Waals surface area (Å²) in [6, 6.07) is 8.04. The van der Waals surface area contributed by atoms with Crippen molar-refractivity contribution in [2.24, 2.45) is 0 Å². The fourth-order valence-electron chi connectivity index (χ4n) is 2.50. The van der Waals surface area contributed by atoms with Crippen LogP contribution in [0.1, 0.15) is 23.4 Å². The number of benzene rings is 1. The van der Waals surface area contributed by atoms with Crippen LogP contribution >= 0.6 is 11.3 Å². The highest BCUT2D eigenvalue weighted by Crippen LogP contribution is 2.27. The van der Waals surface area contributed by atoms with Crippen LogP contribution in [-0.4, -0.2) is 27.8 Å². The number of rotatable bonds is 4. The van der Waals surface area contributed by atoms with Crippen molar-refractivity contribution in [2.45, 2.75) is 26.7 Å². The number of carbonyl (C=O) groups excluding carboxylic acids is 1. The fourth-order valence-corrected chi connectivity index (χ4v) is 3.47. The summed E-state index contributed by atoms with van der Waals surface area (Å²) in [6.07, 6.45) is 0.999. The summed E-state index contributed by atoms with van der Waals surface area (Å²) in [5, 5.41) is 5.44. The Morgan fingerprint density at radius 3 is 2.82 bits per heavy atom. The summed E-state index contributed by atoms with van der Waals surface area (Å²) in [4.78, 5) is 16.0. The molecule has 3 rings (SSSR count). The largest absolute Gasteiger partial charge is 0.469 e. The van der Waals surface area contributed by atoms with E-state index in [1.165, 1.54) is 7.11 Å². The number of fused-ring (bicyclic) bond motifs is 1. The van der Waals surface area contributed by atoms with Crippen molar-refractivity contribution >= 4 is 27.5 Å². The summed E-state index contributed by atoms with van der Waals surface area (Å²) < 4.78 is 7.71. The van der Waals surface area contributed by atoms with Gasteiger partial charge in [-0.15, -0.1) is 0 Å². The van der Waals surface area contributed by atoms with Gasteiger partial charge in [-0.25, -0.2) is 9.67 Å². The van der Waals surface area contributed by atoms with Crippen molar-refractivity contribution in [2.75, 3.05) is 7.11 Å². The van der Waals surface area contributed by atoms with Gasteiger partial charge in [0.05, 0.1) is 23.0 Å². The second-order valence-electron chi connectivity index (χ2n) is 5.10. The van der Waals surface area contributed by atoms with Crippen LogP contribution in [0.5, 0.6) is 0 Å². The molecule has 0 unspecified atom stereocenters. The molecule has 3 aromatic rings. The maximum absolute atomic E-state index is 11.3. The van der Waals surface area contributed by atoms with Gasteiger partial charge in [0.2, 0.25) is 5.13 Å². The van der Waals surface area contributed by atoms with Gasteiger partial charge in [-0.05, 0) is 38.0 Å². The molecule has 5 nitrogen and oxygen atoms in total. The molecule has 0 aliphatic carbocycles. The molecule has 0 amide bonds. The number of esters is 1. The standard InChI is InChI=1S/C16H17N3O2S/c1-10-12(8-9-15(20)21-3)11(2)19(18-10)16-17-13-6-4-5-7-14(13)22-16/h4-7H,8-9H2,1-3H3. The molecular formula is C16H17N3O2S. The molecule has 0 fully saturated rings. The Labute approximate surface area is 132 Å². The van der Waals surface area contributed by atoms with Gasteiger partial charge in [0.1, 0.15) is 0 Å². The number of thiazole rings is 1. The lowest BCUT2D eigenvalue weighted by atomic mass is 10.1. The average molecular weight is 315 g/mol. The van der Waals surface area contributed by atoms with E-state index < -0.39 is 0 Å². The molecule has 0 saturated heterocycles. The summed E-state index contributed by atoms with van der Waals surface area (Å²) in [5.41, 5.74) is 4.02. The van der Waals surface area contributed by atoms with Crippen molar-refractivity contribution in [1.82, 2.24) is 14.8 Å². The molecule has 114 valence electrons. The molecule has 2 aromatic heterocycles. The number of hydrogen-bond donors (Lipinski definition) is 0. The monoisotopic (exact) mass is 315 g/mol. The third kappa shape index (κ3) is 2.62. The fraction of sp³-hybridized carbons (Fsp3) is 0.312. The topological polar surface area (TPSA) is 57.0 Å².